The van der Waals surface area contributed by atoms with E-state index in [2.05, 4.69) is 0 Å². The standard InChI is InChI=1S/C12H15NO3/c13-7-10-5-4-9(6-11(10)8-14)2-1-3-12(15)16/h1,3-6,14H,2,7-8,13H2,(H,15,16)/b3-1+. The second-order valence-corrected chi connectivity index (χ2v) is 3.41. The number of carboxylic acids is 1. The highest BCUT2D eigenvalue weighted by Crippen LogP contribution is 2.12. The number of aliphatic hydroxyl groups is 1. The van der Waals surface area contributed by atoms with E-state index in [1.807, 2.05) is 18.2 Å². The van der Waals surface area contributed by atoms with E-state index in [-0.39, 0.29) is 6.61 Å². The molecular weight excluding hydrogens is 206 g/mol. The van der Waals surface area contributed by atoms with Crippen LogP contribution >= 0.6 is 0 Å². The van der Waals surface area contributed by atoms with Crippen molar-refractivity contribution in [1.29, 1.82) is 0 Å². The molecule has 0 aliphatic carbocycles. The van der Waals surface area contributed by atoms with Crippen molar-refractivity contribution in [2.75, 3.05) is 0 Å². The quantitative estimate of drug-likeness (QED) is 0.643. The second kappa shape index (κ2) is 6.05. The molecule has 0 bridgehead atoms. The smallest absolute Gasteiger partial charge is 0.327 e. The van der Waals surface area contributed by atoms with Crippen LogP contribution in [-0.2, 0) is 24.4 Å². The Morgan fingerprint density at radius 2 is 2.12 bits per heavy atom. The Bertz CT molecular complexity index is 399. The topological polar surface area (TPSA) is 83.6 Å². The van der Waals surface area contributed by atoms with Crippen molar-refractivity contribution in [3.63, 3.8) is 0 Å². The van der Waals surface area contributed by atoms with Gasteiger partial charge in [0.2, 0.25) is 0 Å². The molecule has 0 heterocycles. The fourth-order valence-electron chi connectivity index (χ4n) is 1.45. The average Bonchev–Trinajstić information content (AvgIpc) is 2.28. The van der Waals surface area contributed by atoms with E-state index in [9.17, 15) is 4.79 Å². The average molecular weight is 221 g/mol. The molecule has 86 valence electrons. The van der Waals surface area contributed by atoms with Crippen LogP contribution in [0.25, 0.3) is 0 Å². The fourth-order valence-corrected chi connectivity index (χ4v) is 1.45. The maximum absolute atomic E-state index is 10.3. The molecule has 4 N–H and O–H groups in total. The van der Waals surface area contributed by atoms with Gasteiger partial charge in [0.1, 0.15) is 0 Å². The first kappa shape index (κ1) is 12.4. The lowest BCUT2D eigenvalue weighted by atomic mass is 10.0. The van der Waals surface area contributed by atoms with Crippen molar-refractivity contribution < 1.29 is 15.0 Å². The maximum Gasteiger partial charge on any atom is 0.327 e. The van der Waals surface area contributed by atoms with Crippen LogP contribution in [0.5, 0.6) is 0 Å². The first-order valence-electron chi connectivity index (χ1n) is 4.98. The molecule has 0 radical (unpaired) electrons. The van der Waals surface area contributed by atoms with Crippen LogP contribution in [0.3, 0.4) is 0 Å². The highest BCUT2D eigenvalue weighted by atomic mass is 16.4. The molecule has 0 spiro atoms. The molecule has 0 unspecified atom stereocenters. The Morgan fingerprint density at radius 1 is 1.38 bits per heavy atom. The summed E-state index contributed by atoms with van der Waals surface area (Å²) in [4.78, 5) is 10.3. The fraction of sp³-hybridized carbons (Fsp3) is 0.250. The van der Waals surface area contributed by atoms with Gasteiger partial charge in [-0.05, 0) is 23.1 Å². The molecule has 4 nitrogen and oxygen atoms in total. The molecule has 0 aromatic heterocycles. The number of allylic oxidation sites excluding steroid dienone is 1. The summed E-state index contributed by atoms with van der Waals surface area (Å²) in [5.74, 6) is -0.957. The van der Waals surface area contributed by atoms with Crippen molar-refractivity contribution in [1.82, 2.24) is 0 Å². The molecule has 1 rings (SSSR count). The Labute approximate surface area is 94.0 Å². The molecule has 0 fully saturated rings. The highest BCUT2D eigenvalue weighted by molar-refractivity contribution is 5.79. The lowest BCUT2D eigenvalue weighted by Gasteiger charge is -2.06. The minimum atomic E-state index is -0.957. The zero-order valence-corrected chi connectivity index (χ0v) is 8.89. The molecule has 4 heteroatoms. The first-order chi connectivity index (χ1) is 7.67. The maximum atomic E-state index is 10.3. The molecule has 1 aromatic rings. The van der Waals surface area contributed by atoms with Gasteiger partial charge in [-0.2, -0.15) is 0 Å². The summed E-state index contributed by atoms with van der Waals surface area (Å²) in [7, 11) is 0. The van der Waals surface area contributed by atoms with Gasteiger partial charge in [-0.25, -0.2) is 4.79 Å². The SMILES string of the molecule is NCc1ccc(C/C=C/C(=O)O)cc1CO. The summed E-state index contributed by atoms with van der Waals surface area (Å²) in [6.45, 7) is 0.337. The summed E-state index contributed by atoms with van der Waals surface area (Å²) in [6.07, 6.45) is 3.21. The molecular formula is C12H15NO3. The first-order valence-corrected chi connectivity index (χ1v) is 4.98. The molecule has 16 heavy (non-hydrogen) atoms. The van der Waals surface area contributed by atoms with Gasteiger partial charge in [-0.3, -0.25) is 0 Å². The Kier molecular flexibility index (Phi) is 4.69. The van der Waals surface area contributed by atoms with Gasteiger partial charge in [0, 0.05) is 12.6 Å². The van der Waals surface area contributed by atoms with E-state index < -0.39 is 5.97 Å². The summed E-state index contributed by atoms with van der Waals surface area (Å²) >= 11 is 0. The van der Waals surface area contributed by atoms with E-state index >= 15 is 0 Å². The molecule has 1 aromatic carbocycles. The summed E-state index contributed by atoms with van der Waals surface area (Å²) < 4.78 is 0. The zero-order chi connectivity index (χ0) is 12.0. The van der Waals surface area contributed by atoms with Crippen LogP contribution in [0.15, 0.2) is 30.4 Å². The van der Waals surface area contributed by atoms with Gasteiger partial charge in [-0.1, -0.05) is 24.3 Å². The third kappa shape index (κ3) is 3.49. The highest BCUT2D eigenvalue weighted by Gasteiger charge is 2.01. The molecule has 0 atom stereocenters. The lowest BCUT2D eigenvalue weighted by Crippen LogP contribution is -2.02. The summed E-state index contributed by atoms with van der Waals surface area (Å²) in [6, 6.07) is 5.58. The number of rotatable bonds is 5. The molecule has 0 saturated heterocycles. The van der Waals surface area contributed by atoms with Gasteiger partial charge in [0.15, 0.2) is 0 Å². The van der Waals surface area contributed by atoms with Gasteiger partial charge in [0.05, 0.1) is 6.61 Å². The minimum absolute atomic E-state index is 0.0526. The number of hydrogen-bond acceptors (Lipinski definition) is 3. The zero-order valence-electron chi connectivity index (χ0n) is 8.89. The largest absolute Gasteiger partial charge is 0.478 e. The number of aliphatic hydroxyl groups excluding tert-OH is 1. The van der Waals surface area contributed by atoms with Crippen LogP contribution in [0.4, 0.5) is 0 Å². The van der Waals surface area contributed by atoms with Crippen molar-refractivity contribution in [3.05, 3.63) is 47.0 Å². The van der Waals surface area contributed by atoms with Gasteiger partial charge in [-0.15, -0.1) is 0 Å². The summed E-state index contributed by atoms with van der Waals surface area (Å²) in [5.41, 5.74) is 8.18. The number of hydrogen-bond donors (Lipinski definition) is 3. The van der Waals surface area contributed by atoms with Crippen molar-refractivity contribution in [2.24, 2.45) is 5.73 Å². The normalized spacial score (nSPS) is 10.9. The monoisotopic (exact) mass is 221 g/mol. The van der Waals surface area contributed by atoms with Gasteiger partial charge < -0.3 is 15.9 Å². The predicted molar refractivity (Wildman–Crippen MR) is 60.7 cm³/mol. The number of carboxylic acid groups (broad SMARTS) is 1. The Morgan fingerprint density at radius 3 is 2.69 bits per heavy atom. The van der Waals surface area contributed by atoms with E-state index in [1.165, 1.54) is 0 Å². The molecule has 0 aliphatic rings. The number of benzene rings is 1. The van der Waals surface area contributed by atoms with E-state index in [0.717, 1.165) is 22.8 Å². The molecule has 0 saturated carbocycles. The lowest BCUT2D eigenvalue weighted by molar-refractivity contribution is -0.131. The van der Waals surface area contributed by atoms with Gasteiger partial charge in [0.25, 0.3) is 0 Å². The minimum Gasteiger partial charge on any atom is -0.478 e. The number of carbonyl (C=O) groups is 1. The van der Waals surface area contributed by atoms with Crippen LogP contribution in [0, 0.1) is 0 Å². The van der Waals surface area contributed by atoms with Crippen LogP contribution in [-0.4, -0.2) is 16.2 Å². The van der Waals surface area contributed by atoms with Crippen molar-refractivity contribution >= 4 is 5.97 Å². The van der Waals surface area contributed by atoms with Crippen LogP contribution < -0.4 is 5.73 Å². The third-order valence-electron chi connectivity index (χ3n) is 2.27. The molecule has 0 aliphatic heterocycles. The van der Waals surface area contributed by atoms with E-state index in [0.29, 0.717) is 13.0 Å². The van der Waals surface area contributed by atoms with Crippen molar-refractivity contribution in [3.8, 4) is 0 Å². The second-order valence-electron chi connectivity index (χ2n) is 3.41. The van der Waals surface area contributed by atoms with E-state index in [1.54, 1.807) is 6.08 Å². The Hall–Kier alpha value is -1.65. The summed E-state index contributed by atoms with van der Waals surface area (Å²) in [5, 5.41) is 17.6. The number of aliphatic carboxylic acids is 1. The van der Waals surface area contributed by atoms with Gasteiger partial charge >= 0.3 is 5.97 Å². The Balaban J connectivity index is 2.79. The van der Waals surface area contributed by atoms with Crippen LogP contribution in [0.2, 0.25) is 0 Å². The van der Waals surface area contributed by atoms with Crippen LogP contribution in [0.1, 0.15) is 16.7 Å². The molecule has 0 amide bonds. The number of nitrogens with two attached hydrogens (primary N) is 1. The predicted octanol–water partition coefficient (Wildman–Crippen LogP) is 0.821. The third-order valence-corrected chi connectivity index (χ3v) is 2.27. The van der Waals surface area contributed by atoms with E-state index in [4.69, 9.17) is 15.9 Å². The van der Waals surface area contributed by atoms with Crippen molar-refractivity contribution in [2.45, 2.75) is 19.6 Å².